The SMILES string of the molecule is CCc1cccc(NS(=O)(=O)c2cccc3nsnc23)c1. The molecule has 0 saturated heterocycles. The molecule has 1 N–H and O–H groups in total. The molecule has 0 spiro atoms. The summed E-state index contributed by atoms with van der Waals surface area (Å²) in [6.07, 6.45) is 0.848. The molecule has 1 aromatic heterocycles. The predicted octanol–water partition coefficient (Wildman–Crippen LogP) is 3.05. The monoisotopic (exact) mass is 319 g/mol. The lowest BCUT2D eigenvalue weighted by molar-refractivity contribution is 0.602. The number of nitrogens with zero attached hydrogens (tertiary/aromatic N) is 2. The van der Waals surface area contributed by atoms with Crippen molar-refractivity contribution in [3.63, 3.8) is 0 Å². The molecular formula is C14H13N3O2S2. The average molecular weight is 319 g/mol. The van der Waals surface area contributed by atoms with Crippen molar-refractivity contribution in [1.29, 1.82) is 0 Å². The number of benzene rings is 2. The van der Waals surface area contributed by atoms with Crippen LogP contribution in [0.1, 0.15) is 12.5 Å². The summed E-state index contributed by atoms with van der Waals surface area (Å²) in [6, 6.07) is 12.3. The molecular weight excluding hydrogens is 306 g/mol. The van der Waals surface area contributed by atoms with E-state index in [1.165, 1.54) is 6.07 Å². The fourth-order valence-corrected chi connectivity index (χ4v) is 3.88. The van der Waals surface area contributed by atoms with E-state index in [0.29, 0.717) is 16.7 Å². The summed E-state index contributed by atoms with van der Waals surface area (Å²) in [5.74, 6) is 0. The summed E-state index contributed by atoms with van der Waals surface area (Å²) in [7, 11) is -3.68. The first-order valence-corrected chi connectivity index (χ1v) is 8.64. The molecule has 3 rings (SSSR count). The Kier molecular flexibility index (Phi) is 3.60. The van der Waals surface area contributed by atoms with Crippen molar-refractivity contribution in [2.24, 2.45) is 0 Å². The minimum atomic E-state index is -3.68. The fraction of sp³-hybridized carbons (Fsp3) is 0.143. The molecule has 21 heavy (non-hydrogen) atoms. The third-order valence-electron chi connectivity index (χ3n) is 3.13. The summed E-state index contributed by atoms with van der Waals surface area (Å²) >= 11 is 1.00. The maximum atomic E-state index is 12.5. The number of hydrogen-bond acceptors (Lipinski definition) is 5. The first-order valence-electron chi connectivity index (χ1n) is 6.43. The van der Waals surface area contributed by atoms with Crippen molar-refractivity contribution in [3.8, 4) is 0 Å². The zero-order valence-corrected chi connectivity index (χ0v) is 12.9. The van der Waals surface area contributed by atoms with Gasteiger partial charge >= 0.3 is 0 Å². The van der Waals surface area contributed by atoms with Gasteiger partial charge in [-0.1, -0.05) is 25.1 Å². The maximum Gasteiger partial charge on any atom is 0.264 e. The maximum absolute atomic E-state index is 12.5. The Balaban J connectivity index is 2.02. The Morgan fingerprint density at radius 2 is 1.95 bits per heavy atom. The van der Waals surface area contributed by atoms with Gasteiger partial charge in [0.05, 0.1) is 11.7 Å². The van der Waals surface area contributed by atoms with Crippen molar-refractivity contribution >= 4 is 38.5 Å². The van der Waals surface area contributed by atoms with E-state index >= 15 is 0 Å². The number of fused-ring (bicyclic) bond motifs is 1. The highest BCUT2D eigenvalue weighted by molar-refractivity contribution is 7.93. The number of sulfonamides is 1. The van der Waals surface area contributed by atoms with E-state index in [1.807, 2.05) is 25.1 Å². The molecule has 0 atom stereocenters. The normalized spacial score (nSPS) is 11.7. The number of aromatic nitrogens is 2. The van der Waals surface area contributed by atoms with Crippen LogP contribution in [0.5, 0.6) is 0 Å². The van der Waals surface area contributed by atoms with Crippen LogP contribution < -0.4 is 4.72 Å². The number of hydrogen-bond donors (Lipinski definition) is 1. The molecule has 0 aliphatic rings. The molecule has 0 unspecified atom stereocenters. The molecule has 0 aliphatic carbocycles. The van der Waals surface area contributed by atoms with E-state index in [4.69, 9.17) is 0 Å². The van der Waals surface area contributed by atoms with Crippen LogP contribution in [-0.2, 0) is 16.4 Å². The molecule has 1 heterocycles. The van der Waals surface area contributed by atoms with Crippen molar-refractivity contribution < 1.29 is 8.42 Å². The Bertz CT molecular complexity index is 888. The first kappa shape index (κ1) is 14.0. The molecule has 0 saturated carbocycles. The van der Waals surface area contributed by atoms with Crippen LogP contribution in [0, 0.1) is 0 Å². The van der Waals surface area contributed by atoms with Crippen molar-refractivity contribution in [3.05, 3.63) is 48.0 Å². The highest BCUT2D eigenvalue weighted by Crippen LogP contribution is 2.23. The van der Waals surface area contributed by atoms with Crippen LogP contribution >= 0.6 is 11.7 Å². The van der Waals surface area contributed by atoms with Gasteiger partial charge in [-0.3, -0.25) is 4.72 Å². The largest absolute Gasteiger partial charge is 0.280 e. The molecule has 7 heteroatoms. The summed E-state index contributed by atoms with van der Waals surface area (Å²) in [4.78, 5) is 0.149. The quantitative estimate of drug-likeness (QED) is 0.802. The predicted molar refractivity (Wildman–Crippen MR) is 84.0 cm³/mol. The number of anilines is 1. The van der Waals surface area contributed by atoms with Crippen LogP contribution in [0.3, 0.4) is 0 Å². The molecule has 0 fully saturated rings. The second-order valence-electron chi connectivity index (χ2n) is 4.55. The highest BCUT2D eigenvalue weighted by Gasteiger charge is 2.19. The van der Waals surface area contributed by atoms with Gasteiger partial charge in [-0.2, -0.15) is 8.75 Å². The zero-order valence-electron chi connectivity index (χ0n) is 11.3. The molecule has 0 radical (unpaired) electrons. The second kappa shape index (κ2) is 5.42. The molecule has 5 nitrogen and oxygen atoms in total. The minimum Gasteiger partial charge on any atom is -0.280 e. The van der Waals surface area contributed by atoms with Crippen LogP contribution in [0.25, 0.3) is 11.0 Å². The summed E-state index contributed by atoms with van der Waals surface area (Å²) in [5, 5.41) is 0. The van der Waals surface area contributed by atoms with Gasteiger partial charge in [-0.05, 0) is 36.2 Å². The molecule has 108 valence electrons. The van der Waals surface area contributed by atoms with Crippen molar-refractivity contribution in [1.82, 2.24) is 8.75 Å². The number of rotatable bonds is 4. The van der Waals surface area contributed by atoms with Gasteiger partial charge in [0.15, 0.2) is 0 Å². The van der Waals surface area contributed by atoms with Gasteiger partial charge in [0.25, 0.3) is 10.0 Å². The van der Waals surface area contributed by atoms with Crippen molar-refractivity contribution in [2.45, 2.75) is 18.2 Å². The summed E-state index contributed by atoms with van der Waals surface area (Å²) in [5.41, 5.74) is 2.62. The lowest BCUT2D eigenvalue weighted by atomic mass is 10.1. The Hall–Kier alpha value is -1.99. The smallest absolute Gasteiger partial charge is 0.264 e. The van der Waals surface area contributed by atoms with Gasteiger partial charge < -0.3 is 0 Å². The lowest BCUT2D eigenvalue weighted by Gasteiger charge is -2.09. The number of aryl methyl sites for hydroxylation is 1. The highest BCUT2D eigenvalue weighted by atomic mass is 32.2. The minimum absolute atomic E-state index is 0.149. The third-order valence-corrected chi connectivity index (χ3v) is 5.08. The average Bonchev–Trinajstić information content (AvgIpc) is 2.95. The molecule has 0 bridgehead atoms. The Morgan fingerprint density at radius 1 is 1.14 bits per heavy atom. The first-order chi connectivity index (χ1) is 10.1. The lowest BCUT2D eigenvalue weighted by Crippen LogP contribution is -2.13. The Morgan fingerprint density at radius 3 is 2.76 bits per heavy atom. The van der Waals surface area contributed by atoms with Gasteiger partial charge in [0.2, 0.25) is 0 Å². The van der Waals surface area contributed by atoms with Crippen LogP contribution in [-0.4, -0.2) is 17.2 Å². The molecule has 2 aromatic carbocycles. The topological polar surface area (TPSA) is 72.0 Å². The van der Waals surface area contributed by atoms with E-state index in [9.17, 15) is 8.42 Å². The van der Waals surface area contributed by atoms with Crippen LogP contribution in [0.15, 0.2) is 47.4 Å². The Labute approximate surface area is 127 Å². The second-order valence-corrected chi connectivity index (χ2v) is 6.73. The van der Waals surface area contributed by atoms with E-state index in [-0.39, 0.29) is 4.90 Å². The molecule has 3 aromatic rings. The van der Waals surface area contributed by atoms with Gasteiger partial charge in [-0.25, -0.2) is 8.42 Å². The standard InChI is InChI=1S/C14H13N3O2S2/c1-2-10-5-3-6-11(9-10)17-21(18,19)13-8-4-7-12-14(13)16-20-15-12/h3-9,17H,2H2,1H3. The molecule has 0 aliphatic heterocycles. The van der Waals surface area contributed by atoms with E-state index < -0.39 is 10.0 Å². The van der Waals surface area contributed by atoms with Crippen LogP contribution in [0.2, 0.25) is 0 Å². The van der Waals surface area contributed by atoms with Crippen molar-refractivity contribution in [2.75, 3.05) is 4.72 Å². The zero-order chi connectivity index (χ0) is 14.9. The van der Waals surface area contributed by atoms with E-state index in [2.05, 4.69) is 13.5 Å². The fourth-order valence-electron chi connectivity index (χ4n) is 2.06. The molecule has 0 amide bonds. The van der Waals surface area contributed by atoms with E-state index in [0.717, 1.165) is 23.7 Å². The summed E-state index contributed by atoms with van der Waals surface area (Å²) in [6.45, 7) is 2.02. The number of nitrogens with one attached hydrogen (secondary N) is 1. The van der Waals surface area contributed by atoms with Gasteiger partial charge in [0, 0.05) is 5.69 Å². The van der Waals surface area contributed by atoms with Gasteiger partial charge in [0.1, 0.15) is 15.9 Å². The van der Waals surface area contributed by atoms with Gasteiger partial charge in [-0.15, -0.1) is 0 Å². The third kappa shape index (κ3) is 2.74. The summed E-state index contributed by atoms with van der Waals surface area (Å²) < 4.78 is 35.8. The van der Waals surface area contributed by atoms with E-state index in [1.54, 1.807) is 18.2 Å². The van der Waals surface area contributed by atoms with Crippen LogP contribution in [0.4, 0.5) is 5.69 Å².